The smallest absolute Gasteiger partial charge is 0.349 e. The van der Waals surface area contributed by atoms with Crippen LogP contribution in [0, 0.1) is 0 Å². The number of aromatic nitrogens is 1. The second-order valence-electron chi connectivity index (χ2n) is 8.81. The number of esters is 1. The fourth-order valence-corrected chi connectivity index (χ4v) is 4.99. The van der Waals surface area contributed by atoms with Crippen molar-refractivity contribution >= 4 is 44.8 Å². The Kier molecular flexibility index (Phi) is 8.38. The average Bonchev–Trinajstić information content (AvgIpc) is 3.20. The van der Waals surface area contributed by atoms with E-state index in [1.807, 2.05) is 12.1 Å². The van der Waals surface area contributed by atoms with Crippen LogP contribution in [0.5, 0.6) is 11.5 Å². The molecule has 0 atom stereocenters. The van der Waals surface area contributed by atoms with Gasteiger partial charge in [-0.1, -0.05) is 46.3 Å². The van der Waals surface area contributed by atoms with Crippen LogP contribution < -0.4 is 14.3 Å². The Hall–Kier alpha value is -3.82. The van der Waals surface area contributed by atoms with Gasteiger partial charge < -0.3 is 19.4 Å². The lowest BCUT2D eigenvalue weighted by Gasteiger charge is -2.24. The molecule has 0 aliphatic carbocycles. The molecule has 198 valence electrons. The third-order valence-corrected chi connectivity index (χ3v) is 6.86. The predicted octanol–water partition coefficient (Wildman–Crippen LogP) is 5.74. The van der Waals surface area contributed by atoms with Gasteiger partial charge in [-0.25, -0.2) is 4.79 Å². The zero-order chi connectivity index (χ0) is 27.3. The van der Waals surface area contributed by atoms with E-state index in [2.05, 4.69) is 5.16 Å². The second kappa shape index (κ2) is 11.7. The summed E-state index contributed by atoms with van der Waals surface area (Å²) < 4.78 is 19.1. The lowest BCUT2D eigenvalue weighted by Crippen LogP contribution is -2.39. The van der Waals surface area contributed by atoms with Gasteiger partial charge in [0.2, 0.25) is 0 Å². The van der Waals surface area contributed by atoms with Crippen LogP contribution in [0.4, 0.5) is 0 Å². The van der Waals surface area contributed by atoms with Crippen LogP contribution in [0.25, 0.3) is 10.2 Å². The lowest BCUT2D eigenvalue weighted by atomic mass is 10.0. The zero-order valence-corrected chi connectivity index (χ0v) is 22.7. The van der Waals surface area contributed by atoms with Gasteiger partial charge in [0.05, 0.1) is 23.4 Å². The van der Waals surface area contributed by atoms with E-state index >= 15 is 0 Å². The summed E-state index contributed by atoms with van der Waals surface area (Å²) >= 11 is 7.20. The van der Waals surface area contributed by atoms with Gasteiger partial charge in [-0.3, -0.25) is 9.36 Å². The summed E-state index contributed by atoms with van der Waals surface area (Å²) in [5, 5.41) is 13.6. The minimum Gasteiger partial charge on any atom is -0.492 e. The van der Waals surface area contributed by atoms with Crippen molar-refractivity contribution < 1.29 is 24.2 Å². The van der Waals surface area contributed by atoms with Crippen LogP contribution in [0.2, 0.25) is 5.02 Å². The summed E-state index contributed by atoms with van der Waals surface area (Å²) in [5.41, 5.74) is 1.35. The number of thiazole rings is 1. The Balaban J connectivity index is 1.42. The van der Waals surface area contributed by atoms with Gasteiger partial charge in [-0.05, 0) is 69.3 Å². The molecule has 0 saturated carbocycles. The number of ether oxygens (including phenoxy) is 3. The summed E-state index contributed by atoms with van der Waals surface area (Å²) in [5.74, 6) is 0.673. The van der Waals surface area contributed by atoms with Gasteiger partial charge in [-0.2, -0.15) is 0 Å². The summed E-state index contributed by atoms with van der Waals surface area (Å²) in [7, 11) is 0. The van der Waals surface area contributed by atoms with Gasteiger partial charge in [0, 0.05) is 16.1 Å². The van der Waals surface area contributed by atoms with Crippen LogP contribution in [0.15, 0.2) is 76.7 Å². The topological polar surface area (TPSA) is 99.4 Å². The van der Waals surface area contributed by atoms with Crippen molar-refractivity contribution in [3.05, 3.63) is 92.5 Å². The van der Waals surface area contributed by atoms with E-state index in [-0.39, 0.29) is 18.1 Å². The molecular weight excluding hydrogens is 528 g/mol. The fraction of sp³-hybridized carbons (Fsp3) is 0.250. The van der Waals surface area contributed by atoms with Crippen molar-refractivity contribution in [2.45, 2.75) is 32.9 Å². The first-order chi connectivity index (χ1) is 18.2. The lowest BCUT2D eigenvalue weighted by molar-refractivity contribution is -0.158. The molecule has 3 aromatic carbocycles. The molecule has 0 spiro atoms. The Morgan fingerprint density at radius 2 is 1.76 bits per heavy atom. The van der Waals surface area contributed by atoms with Crippen LogP contribution in [-0.2, 0) is 16.1 Å². The van der Waals surface area contributed by atoms with Crippen LogP contribution in [-0.4, -0.2) is 40.3 Å². The van der Waals surface area contributed by atoms with Crippen LogP contribution in [0.1, 0.15) is 31.9 Å². The van der Waals surface area contributed by atoms with E-state index in [0.29, 0.717) is 39.9 Å². The van der Waals surface area contributed by atoms with Crippen molar-refractivity contribution in [1.82, 2.24) is 4.57 Å². The number of benzene rings is 3. The Morgan fingerprint density at radius 1 is 1.05 bits per heavy atom. The monoisotopic (exact) mass is 554 g/mol. The number of fused-ring (bicyclic) bond motifs is 1. The number of hydrogen-bond donors (Lipinski definition) is 1. The average molecular weight is 555 g/mol. The second-order valence-corrected chi connectivity index (χ2v) is 10.2. The Labute approximate surface area is 228 Å². The first kappa shape index (κ1) is 27.2. The van der Waals surface area contributed by atoms with Crippen molar-refractivity contribution in [3.8, 4) is 11.5 Å². The molecule has 1 N–H and O–H groups in total. The van der Waals surface area contributed by atoms with Gasteiger partial charge in [0.25, 0.3) is 0 Å². The van der Waals surface area contributed by atoms with Crippen molar-refractivity contribution in [2.24, 2.45) is 5.16 Å². The molecule has 0 amide bonds. The Bertz CT molecular complexity index is 1520. The summed E-state index contributed by atoms with van der Waals surface area (Å²) in [6.45, 7) is 5.94. The van der Waals surface area contributed by atoms with E-state index in [1.165, 1.54) is 0 Å². The van der Waals surface area contributed by atoms with E-state index in [0.717, 1.165) is 21.6 Å². The summed E-state index contributed by atoms with van der Waals surface area (Å²) in [6.07, 6.45) is 0. The number of oxime groups is 1. The molecule has 0 aliphatic rings. The standard InChI is InChI=1S/C28H27ClN2O6S/c1-4-35-26(32)28(2,3)37-22-11-9-21(10-12-22)36-15-14-31-23-13-8-19(17-24(23)38-27(31)33)25(30-34)18-6-5-7-20(29)16-18/h5-13,16-17,34H,4,14-15H2,1-3H3. The normalized spacial score (nSPS) is 11.9. The molecule has 0 radical (unpaired) electrons. The first-order valence-electron chi connectivity index (χ1n) is 11.9. The molecule has 0 saturated heterocycles. The number of nitrogens with zero attached hydrogens (tertiary/aromatic N) is 2. The fourth-order valence-electron chi connectivity index (χ4n) is 3.84. The number of carbonyl (C=O) groups excluding carboxylic acids is 1. The number of halogens is 1. The molecule has 38 heavy (non-hydrogen) atoms. The summed E-state index contributed by atoms with van der Waals surface area (Å²) in [4.78, 5) is 24.6. The molecule has 1 heterocycles. The number of hydrogen-bond acceptors (Lipinski definition) is 8. The highest BCUT2D eigenvalue weighted by Gasteiger charge is 2.31. The molecule has 1 aromatic heterocycles. The molecule has 0 aliphatic heterocycles. The van der Waals surface area contributed by atoms with E-state index < -0.39 is 11.6 Å². The first-order valence-corrected chi connectivity index (χ1v) is 13.1. The number of carbonyl (C=O) groups is 1. The van der Waals surface area contributed by atoms with Crippen LogP contribution in [0.3, 0.4) is 0 Å². The van der Waals surface area contributed by atoms with Gasteiger partial charge >= 0.3 is 10.8 Å². The maximum absolute atomic E-state index is 12.7. The van der Waals surface area contributed by atoms with Crippen molar-refractivity contribution in [3.63, 3.8) is 0 Å². The number of rotatable bonds is 10. The molecule has 4 rings (SSSR count). The zero-order valence-electron chi connectivity index (χ0n) is 21.1. The van der Waals surface area contributed by atoms with Crippen molar-refractivity contribution in [2.75, 3.05) is 13.2 Å². The van der Waals surface area contributed by atoms with Crippen molar-refractivity contribution in [1.29, 1.82) is 0 Å². The third kappa shape index (κ3) is 6.17. The highest BCUT2D eigenvalue weighted by molar-refractivity contribution is 7.16. The highest BCUT2D eigenvalue weighted by Crippen LogP contribution is 2.24. The van der Waals surface area contributed by atoms with Gasteiger partial charge in [0.15, 0.2) is 5.60 Å². The van der Waals surface area contributed by atoms with Crippen LogP contribution >= 0.6 is 22.9 Å². The maximum atomic E-state index is 12.7. The minimum atomic E-state index is -1.11. The van der Waals surface area contributed by atoms with E-state index in [1.54, 1.807) is 79.9 Å². The molecular formula is C28H27ClN2O6S. The quantitative estimate of drug-likeness (QED) is 0.116. The maximum Gasteiger partial charge on any atom is 0.349 e. The highest BCUT2D eigenvalue weighted by atomic mass is 35.5. The molecule has 8 nitrogen and oxygen atoms in total. The third-order valence-electron chi connectivity index (χ3n) is 5.69. The predicted molar refractivity (Wildman–Crippen MR) is 148 cm³/mol. The Morgan fingerprint density at radius 3 is 2.45 bits per heavy atom. The largest absolute Gasteiger partial charge is 0.492 e. The molecule has 0 bridgehead atoms. The molecule has 0 unspecified atom stereocenters. The molecule has 0 fully saturated rings. The van der Waals surface area contributed by atoms with E-state index in [4.69, 9.17) is 25.8 Å². The van der Waals surface area contributed by atoms with E-state index in [9.17, 15) is 14.8 Å². The van der Waals surface area contributed by atoms with Gasteiger partial charge in [0.1, 0.15) is 23.8 Å². The summed E-state index contributed by atoms with van der Waals surface area (Å²) in [6, 6.07) is 19.4. The minimum absolute atomic E-state index is 0.115. The molecule has 4 aromatic rings. The van der Waals surface area contributed by atoms with Gasteiger partial charge in [-0.15, -0.1) is 0 Å². The molecule has 10 heteroatoms. The SMILES string of the molecule is CCOC(=O)C(C)(C)Oc1ccc(OCCn2c(=O)sc3cc(C(=NO)c4cccc(Cl)c4)ccc32)cc1.